The third-order valence-electron chi connectivity index (χ3n) is 3.10. The highest BCUT2D eigenvalue weighted by atomic mass is 19.1. The monoisotopic (exact) mass is 265 g/mol. The van der Waals surface area contributed by atoms with Gasteiger partial charge in [-0.2, -0.15) is 0 Å². The topological polar surface area (TPSA) is 26.0 Å². The number of rotatable bonds is 2. The molecule has 1 atom stereocenters. The van der Waals surface area contributed by atoms with Gasteiger partial charge in [0.1, 0.15) is 17.5 Å². The van der Waals surface area contributed by atoms with Gasteiger partial charge in [0.2, 0.25) is 0 Å². The van der Waals surface area contributed by atoms with E-state index in [0.717, 1.165) is 11.6 Å². The fourth-order valence-electron chi connectivity index (χ4n) is 1.99. The summed E-state index contributed by atoms with van der Waals surface area (Å²) in [5.74, 6) is -1.91. The van der Waals surface area contributed by atoms with Gasteiger partial charge in [-0.1, -0.05) is 17.7 Å². The summed E-state index contributed by atoms with van der Waals surface area (Å²) in [6, 6.07) is 5.60. The van der Waals surface area contributed by atoms with Gasteiger partial charge >= 0.3 is 0 Å². The Bertz CT molecular complexity index is 623. The van der Waals surface area contributed by atoms with Crippen LogP contribution in [0.1, 0.15) is 28.3 Å². The minimum atomic E-state index is -0.959. The van der Waals surface area contributed by atoms with E-state index in [-0.39, 0.29) is 16.7 Å². The van der Waals surface area contributed by atoms with Crippen LogP contribution in [0.4, 0.5) is 13.2 Å². The van der Waals surface area contributed by atoms with Crippen molar-refractivity contribution in [2.24, 2.45) is 5.73 Å². The summed E-state index contributed by atoms with van der Waals surface area (Å²) >= 11 is 0. The van der Waals surface area contributed by atoms with Crippen LogP contribution in [0.25, 0.3) is 0 Å². The lowest BCUT2D eigenvalue weighted by atomic mass is 9.96. The summed E-state index contributed by atoms with van der Waals surface area (Å²) in [7, 11) is 0. The van der Waals surface area contributed by atoms with E-state index in [1.165, 1.54) is 19.1 Å². The first kappa shape index (κ1) is 13.6. The molecular formula is C15H14F3N. The molecule has 0 spiro atoms. The maximum atomic E-state index is 13.8. The van der Waals surface area contributed by atoms with Crippen molar-refractivity contribution in [3.05, 3.63) is 70.0 Å². The number of halogens is 3. The fourth-order valence-corrected chi connectivity index (χ4v) is 1.99. The van der Waals surface area contributed by atoms with Gasteiger partial charge in [0.05, 0.1) is 6.04 Å². The fraction of sp³-hybridized carbons (Fsp3) is 0.200. The Hall–Kier alpha value is -1.81. The molecule has 2 aromatic carbocycles. The van der Waals surface area contributed by atoms with Crippen molar-refractivity contribution < 1.29 is 13.2 Å². The van der Waals surface area contributed by atoms with Crippen LogP contribution in [0.5, 0.6) is 0 Å². The second-order valence-corrected chi connectivity index (χ2v) is 4.63. The molecule has 1 unspecified atom stereocenters. The first-order valence-electron chi connectivity index (χ1n) is 5.87. The summed E-state index contributed by atoms with van der Waals surface area (Å²) in [5.41, 5.74) is 7.29. The SMILES string of the molecule is Cc1ccc(F)c(C(N)c2cc(C)c(F)cc2F)c1. The van der Waals surface area contributed by atoms with E-state index in [2.05, 4.69) is 0 Å². The van der Waals surface area contributed by atoms with Gasteiger partial charge in [-0.25, -0.2) is 13.2 Å². The molecule has 0 aliphatic rings. The minimum absolute atomic E-state index is 0.0865. The van der Waals surface area contributed by atoms with Crippen molar-refractivity contribution in [1.82, 2.24) is 0 Å². The average Bonchev–Trinajstić information content (AvgIpc) is 2.36. The van der Waals surface area contributed by atoms with E-state index >= 15 is 0 Å². The molecule has 0 fully saturated rings. The van der Waals surface area contributed by atoms with Crippen LogP contribution in [-0.2, 0) is 0 Å². The Balaban J connectivity index is 2.52. The van der Waals surface area contributed by atoms with E-state index in [0.29, 0.717) is 0 Å². The van der Waals surface area contributed by atoms with Crippen LogP contribution in [0.2, 0.25) is 0 Å². The van der Waals surface area contributed by atoms with E-state index in [1.54, 1.807) is 19.1 Å². The zero-order valence-electron chi connectivity index (χ0n) is 10.7. The molecule has 100 valence electrons. The van der Waals surface area contributed by atoms with Crippen LogP contribution < -0.4 is 5.73 Å². The molecule has 4 heteroatoms. The van der Waals surface area contributed by atoms with Crippen molar-refractivity contribution in [1.29, 1.82) is 0 Å². The Morgan fingerprint density at radius 2 is 1.47 bits per heavy atom. The summed E-state index contributed by atoms with van der Waals surface area (Å²) in [5, 5.41) is 0. The smallest absolute Gasteiger partial charge is 0.131 e. The predicted octanol–water partition coefficient (Wildman–Crippen LogP) is 3.77. The van der Waals surface area contributed by atoms with Crippen molar-refractivity contribution >= 4 is 0 Å². The summed E-state index contributed by atoms with van der Waals surface area (Å²) in [6.45, 7) is 3.31. The molecule has 0 aromatic heterocycles. The van der Waals surface area contributed by atoms with Gasteiger partial charge in [-0.3, -0.25) is 0 Å². The number of nitrogens with two attached hydrogens (primary N) is 1. The lowest BCUT2D eigenvalue weighted by Gasteiger charge is -2.16. The Kier molecular flexibility index (Phi) is 3.62. The highest BCUT2D eigenvalue weighted by molar-refractivity contribution is 5.37. The predicted molar refractivity (Wildman–Crippen MR) is 68.3 cm³/mol. The van der Waals surface area contributed by atoms with Gasteiger partial charge in [0, 0.05) is 17.2 Å². The average molecular weight is 265 g/mol. The number of aryl methyl sites for hydroxylation is 2. The molecule has 0 saturated carbocycles. The second kappa shape index (κ2) is 5.05. The van der Waals surface area contributed by atoms with Crippen LogP contribution in [-0.4, -0.2) is 0 Å². The van der Waals surface area contributed by atoms with Gasteiger partial charge in [0.15, 0.2) is 0 Å². The first-order valence-corrected chi connectivity index (χ1v) is 5.87. The van der Waals surface area contributed by atoms with Gasteiger partial charge < -0.3 is 5.73 Å². The standard InChI is InChI=1S/C15H14F3N/c1-8-3-4-12(16)10(5-8)15(19)11-6-9(2)13(17)7-14(11)18/h3-7,15H,19H2,1-2H3. The maximum absolute atomic E-state index is 13.8. The zero-order chi connectivity index (χ0) is 14.2. The normalized spacial score (nSPS) is 12.5. The van der Waals surface area contributed by atoms with Crippen molar-refractivity contribution in [2.45, 2.75) is 19.9 Å². The van der Waals surface area contributed by atoms with Crippen molar-refractivity contribution in [3.63, 3.8) is 0 Å². The zero-order valence-corrected chi connectivity index (χ0v) is 10.7. The van der Waals surface area contributed by atoms with Gasteiger partial charge in [0.25, 0.3) is 0 Å². The van der Waals surface area contributed by atoms with Crippen LogP contribution >= 0.6 is 0 Å². The molecule has 1 nitrogen and oxygen atoms in total. The highest BCUT2D eigenvalue weighted by Gasteiger charge is 2.19. The van der Waals surface area contributed by atoms with E-state index < -0.39 is 23.5 Å². The lowest BCUT2D eigenvalue weighted by Crippen LogP contribution is -2.16. The third kappa shape index (κ3) is 2.63. The Morgan fingerprint density at radius 3 is 2.16 bits per heavy atom. The quantitative estimate of drug-likeness (QED) is 0.878. The molecule has 2 N–H and O–H groups in total. The Morgan fingerprint density at radius 1 is 0.842 bits per heavy atom. The summed E-state index contributed by atoms with van der Waals surface area (Å²) in [6.07, 6.45) is 0. The molecule has 19 heavy (non-hydrogen) atoms. The Labute approximate surface area is 109 Å². The van der Waals surface area contributed by atoms with Crippen LogP contribution in [0.15, 0.2) is 30.3 Å². The largest absolute Gasteiger partial charge is 0.320 e. The summed E-state index contributed by atoms with van der Waals surface area (Å²) in [4.78, 5) is 0. The van der Waals surface area contributed by atoms with Crippen molar-refractivity contribution in [2.75, 3.05) is 0 Å². The lowest BCUT2D eigenvalue weighted by molar-refractivity contribution is 0.552. The molecule has 0 amide bonds. The van der Waals surface area contributed by atoms with E-state index in [9.17, 15) is 13.2 Å². The van der Waals surface area contributed by atoms with Gasteiger partial charge in [-0.15, -0.1) is 0 Å². The van der Waals surface area contributed by atoms with Gasteiger partial charge in [-0.05, 0) is 31.5 Å². The van der Waals surface area contributed by atoms with Crippen LogP contribution in [0.3, 0.4) is 0 Å². The molecule has 0 aliphatic heterocycles. The molecule has 0 aliphatic carbocycles. The number of hydrogen-bond acceptors (Lipinski definition) is 1. The van der Waals surface area contributed by atoms with E-state index in [1.807, 2.05) is 0 Å². The van der Waals surface area contributed by atoms with Crippen LogP contribution in [0, 0.1) is 31.3 Å². The molecule has 2 rings (SSSR count). The molecule has 0 radical (unpaired) electrons. The minimum Gasteiger partial charge on any atom is -0.320 e. The molecule has 0 saturated heterocycles. The molecule has 2 aromatic rings. The number of hydrogen-bond donors (Lipinski definition) is 1. The number of benzene rings is 2. The maximum Gasteiger partial charge on any atom is 0.131 e. The molecule has 0 bridgehead atoms. The van der Waals surface area contributed by atoms with E-state index in [4.69, 9.17) is 5.73 Å². The molecular weight excluding hydrogens is 251 g/mol. The second-order valence-electron chi connectivity index (χ2n) is 4.63. The summed E-state index contributed by atoms with van der Waals surface area (Å²) < 4.78 is 40.7. The molecule has 0 heterocycles. The van der Waals surface area contributed by atoms with Crippen molar-refractivity contribution in [3.8, 4) is 0 Å². The highest BCUT2D eigenvalue weighted by Crippen LogP contribution is 2.27. The third-order valence-corrected chi connectivity index (χ3v) is 3.10. The first-order chi connectivity index (χ1) is 8.90.